The van der Waals surface area contributed by atoms with E-state index in [0.29, 0.717) is 19.0 Å². The summed E-state index contributed by atoms with van der Waals surface area (Å²) >= 11 is 1.74. The first-order chi connectivity index (χ1) is 11.5. The van der Waals surface area contributed by atoms with Crippen molar-refractivity contribution in [1.29, 1.82) is 0 Å². The third-order valence-corrected chi connectivity index (χ3v) is 8.33. The summed E-state index contributed by atoms with van der Waals surface area (Å²) in [5, 5.41) is 4.34. The Bertz CT molecular complexity index is 622. The second kappa shape index (κ2) is 7.41. The van der Waals surface area contributed by atoms with Gasteiger partial charge >= 0.3 is 0 Å². The fraction of sp³-hybridized carbons (Fsp3) is 0.765. The lowest BCUT2D eigenvalue weighted by Gasteiger charge is -2.42. The highest BCUT2D eigenvalue weighted by Crippen LogP contribution is 2.45. The average molecular weight is 373 g/mol. The Labute approximate surface area is 149 Å². The van der Waals surface area contributed by atoms with Crippen molar-refractivity contribution in [3.05, 3.63) is 22.4 Å². The molecule has 0 N–H and O–H groups in total. The molecule has 1 spiro atoms. The van der Waals surface area contributed by atoms with Crippen LogP contribution in [0.15, 0.2) is 16.8 Å². The molecule has 0 bridgehead atoms. The molecule has 1 aromatic heterocycles. The van der Waals surface area contributed by atoms with Crippen LogP contribution in [-0.2, 0) is 21.3 Å². The number of hydrogen-bond acceptors (Lipinski definition) is 5. The SMILES string of the molecule is CCS(=O)(=O)N1CCC2(CC1)CN(Cc1ccsc1)C[C@@H]2COC. The number of methoxy groups -OCH3 is 1. The summed E-state index contributed by atoms with van der Waals surface area (Å²) in [5.41, 5.74) is 1.57. The molecule has 0 amide bonds. The maximum absolute atomic E-state index is 12.1. The molecule has 0 radical (unpaired) electrons. The van der Waals surface area contributed by atoms with E-state index in [1.165, 1.54) is 5.56 Å². The van der Waals surface area contributed by atoms with Crippen LogP contribution in [0.4, 0.5) is 0 Å². The lowest BCUT2D eigenvalue weighted by Crippen LogP contribution is -2.47. The molecule has 2 aliphatic heterocycles. The van der Waals surface area contributed by atoms with Gasteiger partial charge in [0.15, 0.2) is 0 Å². The molecule has 2 saturated heterocycles. The van der Waals surface area contributed by atoms with Gasteiger partial charge in [0.1, 0.15) is 0 Å². The summed E-state index contributed by atoms with van der Waals surface area (Å²) in [6, 6.07) is 2.19. The highest BCUT2D eigenvalue weighted by Gasteiger charge is 2.48. The normalized spacial score (nSPS) is 25.5. The second-order valence-corrected chi connectivity index (χ2v) is 10.2. The van der Waals surface area contributed by atoms with Gasteiger partial charge in [0.05, 0.1) is 12.4 Å². The standard InChI is InChI=1S/C17H28N2O3S2/c1-3-24(20,21)19-7-5-17(6-8-19)14-18(11-16(17)12-22-2)10-15-4-9-23-13-15/h4,9,13,16H,3,5-8,10-12,14H2,1-2H3/t16-/m1/s1. The lowest BCUT2D eigenvalue weighted by molar-refractivity contribution is 0.0568. The number of likely N-dealkylation sites (tertiary alicyclic amines) is 1. The number of nitrogens with zero attached hydrogens (tertiary/aromatic N) is 2. The zero-order valence-electron chi connectivity index (χ0n) is 14.6. The zero-order chi connectivity index (χ0) is 17.2. The molecule has 2 fully saturated rings. The first-order valence-electron chi connectivity index (χ1n) is 8.69. The fourth-order valence-electron chi connectivity index (χ4n) is 4.29. The van der Waals surface area contributed by atoms with Gasteiger partial charge in [0.25, 0.3) is 0 Å². The number of rotatable bonds is 6. The molecule has 3 rings (SSSR count). The van der Waals surface area contributed by atoms with Crippen LogP contribution in [0.25, 0.3) is 0 Å². The van der Waals surface area contributed by atoms with Crippen LogP contribution in [0.3, 0.4) is 0 Å². The molecule has 7 heteroatoms. The van der Waals surface area contributed by atoms with Gasteiger partial charge in [-0.15, -0.1) is 0 Å². The summed E-state index contributed by atoms with van der Waals surface area (Å²) in [6.07, 6.45) is 1.89. The number of ether oxygens (including phenoxy) is 1. The summed E-state index contributed by atoms with van der Waals surface area (Å²) in [6.45, 7) is 6.89. The highest BCUT2D eigenvalue weighted by atomic mass is 32.2. The molecule has 0 aromatic carbocycles. The van der Waals surface area contributed by atoms with Crippen molar-refractivity contribution in [3.8, 4) is 0 Å². The van der Waals surface area contributed by atoms with Crippen LogP contribution in [-0.4, -0.2) is 63.3 Å². The van der Waals surface area contributed by atoms with E-state index in [9.17, 15) is 8.42 Å². The predicted molar refractivity (Wildman–Crippen MR) is 97.7 cm³/mol. The molecule has 0 unspecified atom stereocenters. The van der Waals surface area contributed by atoms with Gasteiger partial charge in [0.2, 0.25) is 10.0 Å². The van der Waals surface area contributed by atoms with Crippen LogP contribution in [0.5, 0.6) is 0 Å². The van der Waals surface area contributed by atoms with Gasteiger partial charge in [-0.1, -0.05) is 0 Å². The topological polar surface area (TPSA) is 49.9 Å². The van der Waals surface area contributed by atoms with Gasteiger partial charge in [-0.25, -0.2) is 12.7 Å². The minimum atomic E-state index is -3.06. The van der Waals surface area contributed by atoms with E-state index in [0.717, 1.165) is 39.1 Å². The quantitative estimate of drug-likeness (QED) is 0.769. The average Bonchev–Trinajstić information content (AvgIpc) is 3.18. The Balaban J connectivity index is 1.68. The molecule has 1 aromatic rings. The van der Waals surface area contributed by atoms with Crippen molar-refractivity contribution in [2.75, 3.05) is 45.6 Å². The molecule has 5 nitrogen and oxygen atoms in total. The summed E-state index contributed by atoms with van der Waals surface area (Å²) < 4.78 is 31.4. The maximum Gasteiger partial charge on any atom is 0.213 e. The molecule has 0 aliphatic carbocycles. The Morgan fingerprint density at radius 1 is 1.38 bits per heavy atom. The maximum atomic E-state index is 12.1. The van der Waals surface area contributed by atoms with E-state index < -0.39 is 10.0 Å². The van der Waals surface area contributed by atoms with E-state index in [2.05, 4.69) is 21.7 Å². The van der Waals surface area contributed by atoms with Crippen molar-refractivity contribution in [2.45, 2.75) is 26.3 Å². The van der Waals surface area contributed by atoms with Gasteiger partial charge in [-0.05, 0) is 47.6 Å². The largest absolute Gasteiger partial charge is 0.384 e. The van der Waals surface area contributed by atoms with Crippen molar-refractivity contribution in [2.24, 2.45) is 11.3 Å². The van der Waals surface area contributed by atoms with Crippen LogP contribution in [0, 0.1) is 11.3 Å². The van der Waals surface area contributed by atoms with E-state index in [1.54, 1.807) is 29.7 Å². The molecule has 1 atom stereocenters. The van der Waals surface area contributed by atoms with Gasteiger partial charge < -0.3 is 4.74 Å². The Morgan fingerprint density at radius 2 is 2.12 bits per heavy atom. The number of sulfonamides is 1. The first kappa shape index (κ1) is 18.3. The van der Waals surface area contributed by atoms with Gasteiger partial charge in [-0.2, -0.15) is 11.3 Å². The molecular formula is C17H28N2O3S2. The van der Waals surface area contributed by atoms with Crippen LogP contribution in [0.2, 0.25) is 0 Å². The van der Waals surface area contributed by atoms with E-state index in [-0.39, 0.29) is 11.2 Å². The van der Waals surface area contributed by atoms with E-state index in [1.807, 2.05) is 0 Å². The highest BCUT2D eigenvalue weighted by molar-refractivity contribution is 7.89. The monoisotopic (exact) mass is 372 g/mol. The van der Waals surface area contributed by atoms with Crippen molar-refractivity contribution >= 4 is 21.4 Å². The number of hydrogen-bond donors (Lipinski definition) is 0. The predicted octanol–water partition coefficient (Wildman–Crippen LogP) is 2.26. The number of piperidine rings is 1. The minimum absolute atomic E-state index is 0.200. The molecule has 3 heterocycles. The smallest absolute Gasteiger partial charge is 0.213 e. The molecule has 2 aliphatic rings. The van der Waals surface area contributed by atoms with Gasteiger partial charge in [-0.3, -0.25) is 4.90 Å². The molecule has 136 valence electrons. The molecule has 0 saturated carbocycles. The van der Waals surface area contributed by atoms with E-state index in [4.69, 9.17) is 4.74 Å². The first-order valence-corrected chi connectivity index (χ1v) is 11.2. The van der Waals surface area contributed by atoms with E-state index >= 15 is 0 Å². The van der Waals surface area contributed by atoms with Crippen molar-refractivity contribution in [3.63, 3.8) is 0 Å². The minimum Gasteiger partial charge on any atom is -0.384 e. The van der Waals surface area contributed by atoms with Crippen LogP contribution < -0.4 is 0 Å². The molecular weight excluding hydrogens is 344 g/mol. The lowest BCUT2D eigenvalue weighted by atomic mass is 9.71. The summed E-state index contributed by atoms with van der Waals surface area (Å²) in [4.78, 5) is 2.52. The van der Waals surface area contributed by atoms with Crippen LogP contribution >= 0.6 is 11.3 Å². The summed E-state index contributed by atoms with van der Waals surface area (Å²) in [5.74, 6) is 0.693. The van der Waals surface area contributed by atoms with Gasteiger partial charge in [0, 0.05) is 45.8 Å². The Kier molecular flexibility index (Phi) is 5.66. The number of thiophene rings is 1. The Hall–Kier alpha value is -0.470. The second-order valence-electron chi connectivity index (χ2n) is 7.12. The Morgan fingerprint density at radius 3 is 2.71 bits per heavy atom. The van der Waals surface area contributed by atoms with Crippen molar-refractivity contribution < 1.29 is 13.2 Å². The zero-order valence-corrected chi connectivity index (χ0v) is 16.2. The third kappa shape index (κ3) is 3.70. The third-order valence-electron chi connectivity index (χ3n) is 5.71. The summed E-state index contributed by atoms with van der Waals surface area (Å²) in [7, 11) is -1.29. The van der Waals surface area contributed by atoms with Crippen molar-refractivity contribution in [1.82, 2.24) is 9.21 Å². The molecule has 24 heavy (non-hydrogen) atoms. The fourth-order valence-corrected chi connectivity index (χ4v) is 6.06. The van der Waals surface area contributed by atoms with Crippen LogP contribution in [0.1, 0.15) is 25.3 Å².